The Labute approximate surface area is 399 Å². The van der Waals surface area contributed by atoms with E-state index in [9.17, 15) is 14.4 Å². The fraction of sp³-hybridized carbons (Fsp3) is 0.948. The Morgan fingerprint density at radius 2 is 0.594 bits per heavy atom. The van der Waals surface area contributed by atoms with E-state index in [4.69, 9.17) is 14.2 Å². The zero-order valence-corrected chi connectivity index (χ0v) is 43.9. The summed E-state index contributed by atoms with van der Waals surface area (Å²) in [5, 5.41) is 0. The van der Waals surface area contributed by atoms with Gasteiger partial charge in [0.05, 0.1) is 0 Å². The number of carbonyl (C=O) groups is 3. The summed E-state index contributed by atoms with van der Waals surface area (Å²) >= 11 is 0. The second-order valence-corrected chi connectivity index (χ2v) is 20.6. The molecule has 64 heavy (non-hydrogen) atoms. The molecule has 0 saturated carbocycles. The van der Waals surface area contributed by atoms with Crippen molar-refractivity contribution in [1.29, 1.82) is 0 Å². The summed E-state index contributed by atoms with van der Waals surface area (Å²) in [7, 11) is 0. The fourth-order valence-corrected chi connectivity index (χ4v) is 8.84. The van der Waals surface area contributed by atoms with Gasteiger partial charge in [0, 0.05) is 19.3 Å². The zero-order chi connectivity index (χ0) is 46.8. The molecule has 380 valence electrons. The Bertz CT molecular complexity index is 980. The van der Waals surface area contributed by atoms with Crippen LogP contribution in [-0.2, 0) is 28.6 Å². The lowest BCUT2D eigenvalue weighted by atomic mass is 9.99. The van der Waals surface area contributed by atoms with Crippen molar-refractivity contribution >= 4 is 17.9 Å². The average molecular weight is 906 g/mol. The third-order valence-corrected chi connectivity index (χ3v) is 13.6. The van der Waals surface area contributed by atoms with Gasteiger partial charge in [-0.2, -0.15) is 0 Å². The molecule has 0 rings (SSSR count). The molecule has 0 fully saturated rings. The fourth-order valence-electron chi connectivity index (χ4n) is 8.84. The summed E-state index contributed by atoms with van der Waals surface area (Å²) in [6.07, 6.45) is 53.7. The molecule has 0 aliphatic heterocycles. The van der Waals surface area contributed by atoms with Gasteiger partial charge in [-0.15, -0.1) is 0 Å². The molecular formula is C58H112O6. The maximum absolute atomic E-state index is 12.8. The molecule has 0 aromatic carbocycles. The van der Waals surface area contributed by atoms with Gasteiger partial charge < -0.3 is 14.2 Å². The van der Waals surface area contributed by atoms with E-state index in [-0.39, 0.29) is 31.1 Å². The number of esters is 3. The summed E-state index contributed by atoms with van der Waals surface area (Å²) in [6, 6.07) is 0. The Kier molecular flexibility index (Phi) is 49.6. The van der Waals surface area contributed by atoms with Crippen molar-refractivity contribution in [2.24, 2.45) is 11.8 Å². The van der Waals surface area contributed by atoms with Gasteiger partial charge in [-0.3, -0.25) is 14.4 Å². The standard InChI is InChI=1S/C58H112O6/c1-6-8-9-10-11-12-13-14-15-18-21-24-27-33-38-43-48-56(59)62-51-55(52-63-57(60)49-44-39-34-30-29-32-37-42-47-54(5)7-2)64-58(61)50-45-40-35-28-25-22-19-16-17-20-23-26-31-36-41-46-53(3)4/h53-55H,6-52H2,1-5H3/t54?,55-/m0/s1. The summed E-state index contributed by atoms with van der Waals surface area (Å²) in [6.45, 7) is 11.4. The largest absolute Gasteiger partial charge is 0.462 e. The number of hydrogen-bond acceptors (Lipinski definition) is 6. The minimum Gasteiger partial charge on any atom is -0.462 e. The van der Waals surface area contributed by atoms with Crippen molar-refractivity contribution in [3.63, 3.8) is 0 Å². The summed E-state index contributed by atoms with van der Waals surface area (Å²) in [4.78, 5) is 38.1. The average Bonchev–Trinajstić information content (AvgIpc) is 3.28. The Morgan fingerprint density at radius 1 is 0.328 bits per heavy atom. The molecule has 2 atom stereocenters. The quantitative estimate of drug-likeness (QED) is 0.0344. The van der Waals surface area contributed by atoms with E-state index in [0.717, 1.165) is 69.6 Å². The highest BCUT2D eigenvalue weighted by atomic mass is 16.6. The van der Waals surface area contributed by atoms with Gasteiger partial charge in [0.1, 0.15) is 13.2 Å². The third-order valence-electron chi connectivity index (χ3n) is 13.6. The van der Waals surface area contributed by atoms with Crippen molar-refractivity contribution in [3.05, 3.63) is 0 Å². The molecule has 0 spiro atoms. The van der Waals surface area contributed by atoms with Crippen LogP contribution in [-0.4, -0.2) is 37.2 Å². The molecule has 0 heterocycles. The smallest absolute Gasteiger partial charge is 0.306 e. The van der Waals surface area contributed by atoms with Gasteiger partial charge in [-0.05, 0) is 31.1 Å². The highest BCUT2D eigenvalue weighted by Gasteiger charge is 2.19. The van der Waals surface area contributed by atoms with E-state index >= 15 is 0 Å². The highest BCUT2D eigenvalue weighted by molar-refractivity contribution is 5.71. The van der Waals surface area contributed by atoms with E-state index in [0.29, 0.717) is 19.3 Å². The number of carbonyl (C=O) groups excluding carboxylic acids is 3. The van der Waals surface area contributed by atoms with Crippen LogP contribution in [0, 0.1) is 11.8 Å². The van der Waals surface area contributed by atoms with Crippen LogP contribution in [0.4, 0.5) is 0 Å². The zero-order valence-electron chi connectivity index (χ0n) is 43.9. The molecule has 0 radical (unpaired) electrons. The highest BCUT2D eigenvalue weighted by Crippen LogP contribution is 2.18. The van der Waals surface area contributed by atoms with E-state index in [1.54, 1.807) is 0 Å². The predicted octanol–water partition coefficient (Wildman–Crippen LogP) is 18.9. The monoisotopic (exact) mass is 905 g/mol. The van der Waals surface area contributed by atoms with Gasteiger partial charge >= 0.3 is 17.9 Å². The van der Waals surface area contributed by atoms with E-state index < -0.39 is 6.10 Å². The normalized spacial score (nSPS) is 12.5. The summed E-state index contributed by atoms with van der Waals surface area (Å²) in [5.74, 6) is 0.854. The minimum atomic E-state index is -0.763. The van der Waals surface area contributed by atoms with Crippen LogP contribution >= 0.6 is 0 Å². The molecule has 0 aromatic heterocycles. The molecule has 0 saturated heterocycles. The van der Waals surface area contributed by atoms with Crippen LogP contribution in [0.1, 0.15) is 324 Å². The van der Waals surface area contributed by atoms with Crippen molar-refractivity contribution in [3.8, 4) is 0 Å². The second kappa shape index (κ2) is 50.8. The maximum Gasteiger partial charge on any atom is 0.306 e. The number of rotatable bonds is 52. The summed E-state index contributed by atoms with van der Waals surface area (Å²) < 4.78 is 16.9. The van der Waals surface area contributed by atoms with Crippen LogP contribution in [0.15, 0.2) is 0 Å². The molecule has 0 N–H and O–H groups in total. The number of ether oxygens (including phenoxy) is 3. The Morgan fingerprint density at radius 3 is 0.891 bits per heavy atom. The van der Waals surface area contributed by atoms with Crippen molar-refractivity contribution in [2.45, 2.75) is 330 Å². The first-order valence-corrected chi connectivity index (χ1v) is 28.8. The van der Waals surface area contributed by atoms with Crippen LogP contribution < -0.4 is 0 Å². The number of unbranched alkanes of at least 4 members (excludes halogenated alkanes) is 36. The first kappa shape index (κ1) is 62.4. The molecule has 6 nitrogen and oxygen atoms in total. The Hall–Kier alpha value is -1.59. The lowest BCUT2D eigenvalue weighted by molar-refractivity contribution is -0.167. The van der Waals surface area contributed by atoms with E-state index in [1.807, 2.05) is 0 Å². The lowest BCUT2D eigenvalue weighted by Gasteiger charge is -2.18. The van der Waals surface area contributed by atoms with Crippen LogP contribution in [0.5, 0.6) is 0 Å². The molecule has 0 amide bonds. The number of hydrogen-bond donors (Lipinski definition) is 0. The first-order valence-electron chi connectivity index (χ1n) is 28.8. The molecule has 0 bridgehead atoms. The van der Waals surface area contributed by atoms with E-state index in [2.05, 4.69) is 34.6 Å². The molecule has 0 aliphatic rings. The molecule has 6 heteroatoms. The summed E-state index contributed by atoms with van der Waals surface area (Å²) in [5.41, 5.74) is 0. The molecule has 0 aromatic rings. The molecule has 1 unspecified atom stereocenters. The van der Waals surface area contributed by atoms with Crippen LogP contribution in [0.3, 0.4) is 0 Å². The first-order chi connectivity index (χ1) is 31.3. The van der Waals surface area contributed by atoms with E-state index in [1.165, 1.54) is 212 Å². The van der Waals surface area contributed by atoms with Gasteiger partial charge in [0.15, 0.2) is 6.10 Å². The molecule has 0 aliphatic carbocycles. The topological polar surface area (TPSA) is 78.9 Å². The second-order valence-electron chi connectivity index (χ2n) is 20.6. The molecular weight excluding hydrogens is 793 g/mol. The van der Waals surface area contributed by atoms with Crippen LogP contribution in [0.25, 0.3) is 0 Å². The van der Waals surface area contributed by atoms with Crippen molar-refractivity contribution in [2.75, 3.05) is 13.2 Å². The van der Waals surface area contributed by atoms with Crippen molar-refractivity contribution < 1.29 is 28.6 Å². The maximum atomic E-state index is 12.8. The van der Waals surface area contributed by atoms with Crippen LogP contribution in [0.2, 0.25) is 0 Å². The SMILES string of the molecule is CCCCCCCCCCCCCCCCCCC(=O)OC[C@@H](COC(=O)CCCCCCCCCCC(C)CC)OC(=O)CCCCCCCCCCCCCCCCCC(C)C. The predicted molar refractivity (Wildman–Crippen MR) is 275 cm³/mol. The Balaban J connectivity index is 4.29. The van der Waals surface area contributed by atoms with Gasteiger partial charge in [0.2, 0.25) is 0 Å². The van der Waals surface area contributed by atoms with Gasteiger partial charge in [-0.25, -0.2) is 0 Å². The van der Waals surface area contributed by atoms with Gasteiger partial charge in [-0.1, -0.05) is 285 Å². The third kappa shape index (κ3) is 49.8. The minimum absolute atomic E-state index is 0.0630. The van der Waals surface area contributed by atoms with Crippen molar-refractivity contribution in [1.82, 2.24) is 0 Å². The van der Waals surface area contributed by atoms with Gasteiger partial charge in [0.25, 0.3) is 0 Å². The lowest BCUT2D eigenvalue weighted by Crippen LogP contribution is -2.30.